The molecule has 1 N–H and O–H groups in total. The fourth-order valence-electron chi connectivity index (χ4n) is 4.14. The summed E-state index contributed by atoms with van der Waals surface area (Å²) in [5, 5.41) is 11.7. The molecule has 0 aliphatic carbocycles. The topological polar surface area (TPSA) is 40.5 Å². The molecule has 2 aliphatic rings. The average molecular weight is 307 g/mol. The number of rotatable bonds is 1. The molecule has 2 aliphatic heterocycles. The Kier molecular flexibility index (Phi) is 3.46. The number of hydrogen-bond donors (Lipinski definition) is 1. The number of fused-ring (bicyclic) bond motifs is 2. The molecule has 0 radical (unpaired) electrons. The highest BCUT2D eigenvalue weighted by Gasteiger charge is 2.47. The van der Waals surface area contributed by atoms with Crippen LogP contribution in [0.3, 0.4) is 0 Å². The van der Waals surface area contributed by atoms with Gasteiger partial charge in [-0.2, -0.15) is 0 Å². The maximum Gasteiger partial charge on any atom is 0.254 e. The summed E-state index contributed by atoms with van der Waals surface area (Å²) in [5.41, 5.74) is 1.56. The van der Waals surface area contributed by atoms with E-state index in [1.807, 2.05) is 59.5 Å². The Balaban J connectivity index is 1.90. The second-order valence-electron chi connectivity index (χ2n) is 6.63. The Labute approximate surface area is 136 Å². The minimum atomic E-state index is -1.02. The van der Waals surface area contributed by atoms with Crippen molar-refractivity contribution in [2.45, 2.75) is 37.3 Å². The van der Waals surface area contributed by atoms with Crippen molar-refractivity contribution in [1.29, 1.82) is 0 Å². The zero-order valence-corrected chi connectivity index (χ0v) is 13.1. The highest BCUT2D eigenvalue weighted by molar-refractivity contribution is 5.96. The lowest BCUT2D eigenvalue weighted by atomic mass is 9.78. The first kappa shape index (κ1) is 14.5. The van der Waals surface area contributed by atoms with E-state index in [0.29, 0.717) is 6.42 Å². The fourth-order valence-corrected chi connectivity index (χ4v) is 4.14. The molecule has 2 heterocycles. The molecule has 1 saturated heterocycles. The van der Waals surface area contributed by atoms with Gasteiger partial charge in [0.2, 0.25) is 0 Å². The van der Waals surface area contributed by atoms with Crippen LogP contribution in [0, 0.1) is 0 Å². The summed E-state index contributed by atoms with van der Waals surface area (Å²) in [4.78, 5) is 14.9. The molecule has 0 spiro atoms. The molecule has 1 amide bonds. The van der Waals surface area contributed by atoms with Gasteiger partial charge in [0, 0.05) is 18.5 Å². The number of hydrogen-bond acceptors (Lipinski definition) is 2. The van der Waals surface area contributed by atoms with Crippen LogP contribution in [-0.2, 0) is 12.0 Å². The Bertz CT molecular complexity index is 727. The number of aliphatic hydroxyl groups is 1. The van der Waals surface area contributed by atoms with E-state index >= 15 is 0 Å². The normalized spacial score (nSPS) is 27.1. The summed E-state index contributed by atoms with van der Waals surface area (Å²) < 4.78 is 0. The molecular formula is C20H21NO2. The summed E-state index contributed by atoms with van der Waals surface area (Å²) in [7, 11) is 0. The lowest BCUT2D eigenvalue weighted by Crippen LogP contribution is -2.54. The number of amides is 1. The molecule has 118 valence electrons. The average Bonchev–Trinajstić information content (AvgIpc) is 2.71. The highest BCUT2D eigenvalue weighted by Crippen LogP contribution is 2.40. The van der Waals surface area contributed by atoms with Crippen molar-refractivity contribution in [3.05, 3.63) is 71.3 Å². The first-order chi connectivity index (χ1) is 11.2. The molecule has 4 rings (SSSR count). The van der Waals surface area contributed by atoms with Crippen molar-refractivity contribution in [1.82, 2.24) is 4.90 Å². The van der Waals surface area contributed by atoms with E-state index in [-0.39, 0.29) is 11.9 Å². The number of piperidine rings is 1. The van der Waals surface area contributed by atoms with Gasteiger partial charge in [-0.3, -0.25) is 4.79 Å². The standard InChI is InChI=1S/C20H21NO2/c22-19-17-11-5-4-8-15(17)14-20(23,16-9-2-1-3-10-16)18-12-6-7-13-21(18)19/h1-5,8-11,18,23H,6-7,12-14H2/t18-,20-/m1/s1. The molecule has 2 aromatic rings. The van der Waals surface area contributed by atoms with E-state index in [9.17, 15) is 9.90 Å². The molecule has 2 atom stereocenters. The molecule has 0 aromatic heterocycles. The Morgan fingerprint density at radius 2 is 1.74 bits per heavy atom. The molecular weight excluding hydrogens is 286 g/mol. The first-order valence-corrected chi connectivity index (χ1v) is 8.37. The lowest BCUT2D eigenvalue weighted by Gasteiger charge is -2.44. The molecule has 0 bridgehead atoms. The van der Waals surface area contributed by atoms with E-state index in [2.05, 4.69) is 0 Å². The zero-order valence-electron chi connectivity index (χ0n) is 13.1. The van der Waals surface area contributed by atoms with Crippen molar-refractivity contribution in [2.24, 2.45) is 0 Å². The van der Waals surface area contributed by atoms with Crippen molar-refractivity contribution in [2.75, 3.05) is 6.54 Å². The van der Waals surface area contributed by atoms with Crippen LogP contribution in [-0.4, -0.2) is 28.5 Å². The van der Waals surface area contributed by atoms with Crippen LogP contribution < -0.4 is 0 Å². The smallest absolute Gasteiger partial charge is 0.254 e. The van der Waals surface area contributed by atoms with Crippen molar-refractivity contribution in [3.63, 3.8) is 0 Å². The van der Waals surface area contributed by atoms with Gasteiger partial charge in [-0.25, -0.2) is 0 Å². The van der Waals surface area contributed by atoms with Gasteiger partial charge in [-0.05, 0) is 36.5 Å². The van der Waals surface area contributed by atoms with E-state index in [4.69, 9.17) is 0 Å². The van der Waals surface area contributed by atoms with E-state index < -0.39 is 5.60 Å². The number of nitrogens with zero attached hydrogens (tertiary/aromatic N) is 1. The maximum atomic E-state index is 13.0. The van der Waals surface area contributed by atoms with Crippen molar-refractivity contribution in [3.8, 4) is 0 Å². The van der Waals surface area contributed by atoms with E-state index in [1.54, 1.807) is 0 Å². The minimum absolute atomic E-state index is 0.0668. The Hall–Kier alpha value is -2.13. The predicted octanol–water partition coefficient (Wildman–Crippen LogP) is 3.13. The third kappa shape index (κ3) is 2.27. The zero-order chi connectivity index (χ0) is 15.9. The number of benzene rings is 2. The van der Waals surface area contributed by atoms with Gasteiger partial charge in [-0.1, -0.05) is 48.5 Å². The number of carbonyl (C=O) groups excluding carboxylic acids is 1. The summed E-state index contributed by atoms with van der Waals surface area (Å²) in [6.07, 6.45) is 3.40. The third-order valence-electron chi connectivity index (χ3n) is 5.30. The van der Waals surface area contributed by atoms with Gasteiger partial charge in [0.15, 0.2) is 0 Å². The van der Waals surface area contributed by atoms with Crippen LogP contribution in [0.25, 0.3) is 0 Å². The van der Waals surface area contributed by atoms with E-state index in [1.165, 1.54) is 0 Å². The Morgan fingerprint density at radius 1 is 1.00 bits per heavy atom. The predicted molar refractivity (Wildman–Crippen MR) is 89.2 cm³/mol. The van der Waals surface area contributed by atoms with Crippen LogP contribution in [0.5, 0.6) is 0 Å². The van der Waals surface area contributed by atoms with Gasteiger partial charge in [0.25, 0.3) is 5.91 Å². The molecule has 3 heteroatoms. The summed E-state index contributed by atoms with van der Waals surface area (Å²) in [6.45, 7) is 0.729. The second kappa shape index (κ2) is 5.50. The molecule has 2 aromatic carbocycles. The minimum Gasteiger partial charge on any atom is -0.383 e. The molecule has 0 saturated carbocycles. The second-order valence-corrected chi connectivity index (χ2v) is 6.63. The van der Waals surface area contributed by atoms with Crippen LogP contribution in [0.4, 0.5) is 0 Å². The van der Waals surface area contributed by atoms with Crippen LogP contribution in [0.1, 0.15) is 40.7 Å². The van der Waals surface area contributed by atoms with Crippen LogP contribution >= 0.6 is 0 Å². The Morgan fingerprint density at radius 3 is 2.57 bits per heavy atom. The van der Waals surface area contributed by atoms with Gasteiger partial charge < -0.3 is 10.0 Å². The van der Waals surface area contributed by atoms with E-state index in [0.717, 1.165) is 42.5 Å². The molecule has 0 unspecified atom stereocenters. The quantitative estimate of drug-likeness (QED) is 0.879. The number of carbonyl (C=O) groups is 1. The van der Waals surface area contributed by atoms with Crippen molar-refractivity contribution >= 4 is 5.91 Å². The first-order valence-electron chi connectivity index (χ1n) is 8.37. The van der Waals surface area contributed by atoms with Gasteiger partial charge in [0.05, 0.1) is 6.04 Å². The summed E-state index contributed by atoms with van der Waals surface area (Å²) >= 11 is 0. The van der Waals surface area contributed by atoms with Crippen LogP contribution in [0.2, 0.25) is 0 Å². The lowest BCUT2D eigenvalue weighted by molar-refractivity contribution is -0.0539. The summed E-state index contributed by atoms with van der Waals surface area (Å²) in [5.74, 6) is 0.0668. The molecule has 1 fully saturated rings. The maximum absolute atomic E-state index is 13.0. The van der Waals surface area contributed by atoms with Gasteiger partial charge in [-0.15, -0.1) is 0 Å². The largest absolute Gasteiger partial charge is 0.383 e. The molecule has 23 heavy (non-hydrogen) atoms. The summed E-state index contributed by atoms with van der Waals surface area (Å²) in [6, 6.07) is 17.4. The highest BCUT2D eigenvalue weighted by atomic mass is 16.3. The fraction of sp³-hybridized carbons (Fsp3) is 0.350. The third-order valence-corrected chi connectivity index (χ3v) is 5.30. The molecule has 3 nitrogen and oxygen atoms in total. The van der Waals surface area contributed by atoms with Crippen molar-refractivity contribution < 1.29 is 9.90 Å². The van der Waals surface area contributed by atoms with Gasteiger partial charge >= 0.3 is 0 Å². The monoisotopic (exact) mass is 307 g/mol. The van der Waals surface area contributed by atoms with Gasteiger partial charge in [0.1, 0.15) is 5.60 Å². The SMILES string of the molecule is O=C1c2ccccc2C[C@@](O)(c2ccccc2)[C@H]2CCCCN12. The van der Waals surface area contributed by atoms with Crippen LogP contribution in [0.15, 0.2) is 54.6 Å².